The molecule has 1 saturated heterocycles. The molecule has 1 aromatic heterocycles. The predicted octanol–water partition coefficient (Wildman–Crippen LogP) is 0.494. The Bertz CT molecular complexity index is 454. The Morgan fingerprint density at radius 3 is 2.60 bits per heavy atom. The number of piperazine rings is 1. The molecule has 1 N–H and O–H groups in total. The van der Waals surface area contributed by atoms with Gasteiger partial charge in [-0.2, -0.15) is 0 Å². The van der Waals surface area contributed by atoms with Gasteiger partial charge < -0.3 is 15.1 Å². The molecule has 1 fully saturated rings. The first-order chi connectivity index (χ1) is 9.72. The van der Waals surface area contributed by atoms with Crippen molar-refractivity contribution in [3.63, 3.8) is 0 Å². The van der Waals surface area contributed by atoms with Gasteiger partial charge in [-0.25, -0.2) is 0 Å². The van der Waals surface area contributed by atoms with Crippen LogP contribution in [0.5, 0.6) is 0 Å². The van der Waals surface area contributed by atoms with E-state index in [0.717, 1.165) is 31.7 Å². The topological polar surface area (TPSA) is 78.4 Å². The van der Waals surface area contributed by atoms with E-state index in [1.165, 1.54) is 0 Å². The Kier molecular flexibility index (Phi) is 4.86. The number of hydrogen-bond donors (Lipinski definition) is 1. The molecule has 1 aromatic rings. The van der Waals surface area contributed by atoms with Crippen molar-refractivity contribution in [2.45, 2.75) is 19.8 Å². The first kappa shape index (κ1) is 14.2. The molecule has 0 bridgehead atoms. The monoisotopic (exact) mass is 277 g/mol. The van der Waals surface area contributed by atoms with Crippen LogP contribution in [0.25, 0.3) is 0 Å². The van der Waals surface area contributed by atoms with Gasteiger partial charge in [0.15, 0.2) is 11.6 Å². The number of carbonyl (C=O) groups is 2. The fourth-order valence-electron chi connectivity index (χ4n) is 2.05. The molecule has 2 rings (SSSR count). The van der Waals surface area contributed by atoms with Crippen LogP contribution in [-0.2, 0) is 9.59 Å². The summed E-state index contributed by atoms with van der Waals surface area (Å²) in [5.74, 6) is 1.19. The van der Waals surface area contributed by atoms with Crippen molar-refractivity contribution in [2.24, 2.45) is 0 Å². The zero-order valence-corrected chi connectivity index (χ0v) is 11.6. The zero-order valence-electron chi connectivity index (χ0n) is 11.6. The largest absolute Gasteiger partial charge is 0.352 e. The van der Waals surface area contributed by atoms with Crippen LogP contribution in [0.3, 0.4) is 0 Å². The summed E-state index contributed by atoms with van der Waals surface area (Å²) in [5.41, 5.74) is 0. The van der Waals surface area contributed by atoms with E-state index in [1.54, 1.807) is 11.0 Å². The Morgan fingerprint density at radius 1 is 1.30 bits per heavy atom. The maximum absolute atomic E-state index is 11.4. The van der Waals surface area contributed by atoms with E-state index in [4.69, 9.17) is 0 Å². The standard InChI is InChI=1S/C13H19N5O2/c1-2-3-13(20)14-11-4-5-12(16-15-11)18-8-6-17(10-19)7-9-18/h4-5,10H,2-3,6-9H2,1H3,(H,14,15,20). The summed E-state index contributed by atoms with van der Waals surface area (Å²) in [7, 11) is 0. The lowest BCUT2D eigenvalue weighted by Gasteiger charge is -2.32. The Labute approximate surface area is 118 Å². The minimum absolute atomic E-state index is 0.0471. The molecule has 1 aliphatic heterocycles. The van der Waals surface area contributed by atoms with Gasteiger partial charge >= 0.3 is 0 Å². The maximum atomic E-state index is 11.4. The van der Waals surface area contributed by atoms with E-state index in [0.29, 0.717) is 25.3 Å². The molecule has 2 heterocycles. The van der Waals surface area contributed by atoms with Crippen molar-refractivity contribution in [1.29, 1.82) is 0 Å². The summed E-state index contributed by atoms with van der Waals surface area (Å²) in [6.07, 6.45) is 2.16. The van der Waals surface area contributed by atoms with E-state index in [2.05, 4.69) is 20.4 Å². The molecule has 0 unspecified atom stereocenters. The lowest BCUT2D eigenvalue weighted by Crippen LogP contribution is -2.46. The second kappa shape index (κ2) is 6.83. The van der Waals surface area contributed by atoms with Gasteiger partial charge in [-0.15, -0.1) is 10.2 Å². The van der Waals surface area contributed by atoms with Gasteiger partial charge in [0.1, 0.15) is 0 Å². The highest BCUT2D eigenvalue weighted by Gasteiger charge is 2.17. The molecule has 2 amide bonds. The molecule has 0 spiro atoms. The van der Waals surface area contributed by atoms with Gasteiger partial charge in [0.05, 0.1) is 0 Å². The first-order valence-corrected chi connectivity index (χ1v) is 6.81. The highest BCUT2D eigenvalue weighted by molar-refractivity contribution is 5.89. The molecule has 0 atom stereocenters. The predicted molar refractivity (Wildman–Crippen MR) is 75.4 cm³/mol. The van der Waals surface area contributed by atoms with Crippen molar-refractivity contribution in [1.82, 2.24) is 15.1 Å². The number of amides is 2. The third-order valence-electron chi connectivity index (χ3n) is 3.18. The first-order valence-electron chi connectivity index (χ1n) is 6.81. The molecule has 1 aliphatic rings. The molecular formula is C13H19N5O2. The van der Waals surface area contributed by atoms with E-state index in [1.807, 2.05) is 13.0 Å². The van der Waals surface area contributed by atoms with Gasteiger partial charge in [0.2, 0.25) is 12.3 Å². The second-order valence-electron chi connectivity index (χ2n) is 4.70. The average Bonchev–Trinajstić information content (AvgIpc) is 2.48. The highest BCUT2D eigenvalue weighted by atomic mass is 16.1. The molecule has 20 heavy (non-hydrogen) atoms. The van der Waals surface area contributed by atoms with E-state index >= 15 is 0 Å². The SMILES string of the molecule is CCCC(=O)Nc1ccc(N2CCN(C=O)CC2)nn1. The van der Waals surface area contributed by atoms with Crippen molar-refractivity contribution < 1.29 is 9.59 Å². The molecule has 0 radical (unpaired) electrons. The summed E-state index contributed by atoms with van der Waals surface area (Å²) >= 11 is 0. The second-order valence-corrected chi connectivity index (χ2v) is 4.70. The van der Waals surface area contributed by atoms with Gasteiger partial charge in [-0.1, -0.05) is 6.92 Å². The molecule has 7 nitrogen and oxygen atoms in total. The lowest BCUT2D eigenvalue weighted by molar-refractivity contribution is -0.118. The Hall–Kier alpha value is -2.18. The van der Waals surface area contributed by atoms with Crippen LogP contribution in [0.2, 0.25) is 0 Å². The molecule has 0 saturated carbocycles. The van der Waals surface area contributed by atoms with E-state index in [-0.39, 0.29) is 5.91 Å². The van der Waals surface area contributed by atoms with Gasteiger partial charge in [-0.05, 0) is 18.6 Å². The lowest BCUT2D eigenvalue weighted by atomic mass is 10.3. The molecule has 108 valence electrons. The number of rotatable bonds is 5. The number of carbonyl (C=O) groups excluding carboxylic acids is 2. The number of hydrogen-bond acceptors (Lipinski definition) is 5. The van der Waals surface area contributed by atoms with E-state index in [9.17, 15) is 9.59 Å². The van der Waals surface area contributed by atoms with Crippen LogP contribution < -0.4 is 10.2 Å². The quantitative estimate of drug-likeness (QED) is 0.793. The minimum atomic E-state index is -0.0471. The van der Waals surface area contributed by atoms with Crippen LogP contribution >= 0.6 is 0 Å². The Morgan fingerprint density at radius 2 is 2.05 bits per heavy atom. The number of nitrogens with zero attached hydrogens (tertiary/aromatic N) is 4. The third-order valence-corrected chi connectivity index (χ3v) is 3.18. The van der Waals surface area contributed by atoms with Crippen LogP contribution in [0, 0.1) is 0 Å². The normalized spacial score (nSPS) is 15.1. The van der Waals surface area contributed by atoms with Crippen LogP contribution in [-0.4, -0.2) is 53.6 Å². The fraction of sp³-hybridized carbons (Fsp3) is 0.538. The molecule has 7 heteroatoms. The third kappa shape index (κ3) is 3.66. The van der Waals surface area contributed by atoms with Crippen molar-refractivity contribution >= 4 is 24.0 Å². The highest BCUT2D eigenvalue weighted by Crippen LogP contribution is 2.13. The van der Waals surface area contributed by atoms with Crippen molar-refractivity contribution in [3.05, 3.63) is 12.1 Å². The summed E-state index contributed by atoms with van der Waals surface area (Å²) < 4.78 is 0. The van der Waals surface area contributed by atoms with Crippen molar-refractivity contribution in [2.75, 3.05) is 36.4 Å². The summed E-state index contributed by atoms with van der Waals surface area (Å²) in [6.45, 7) is 4.83. The summed E-state index contributed by atoms with van der Waals surface area (Å²) in [6, 6.07) is 3.59. The molecule has 0 aliphatic carbocycles. The van der Waals surface area contributed by atoms with Crippen molar-refractivity contribution in [3.8, 4) is 0 Å². The zero-order chi connectivity index (χ0) is 14.4. The summed E-state index contributed by atoms with van der Waals surface area (Å²) in [5, 5.41) is 10.8. The smallest absolute Gasteiger partial charge is 0.225 e. The Balaban J connectivity index is 1.91. The molecule has 0 aromatic carbocycles. The van der Waals surface area contributed by atoms with Gasteiger partial charge in [-0.3, -0.25) is 9.59 Å². The van der Waals surface area contributed by atoms with Crippen LogP contribution in [0.1, 0.15) is 19.8 Å². The van der Waals surface area contributed by atoms with Gasteiger partial charge in [0.25, 0.3) is 0 Å². The molecular weight excluding hydrogens is 258 g/mol. The van der Waals surface area contributed by atoms with Crippen LogP contribution in [0.15, 0.2) is 12.1 Å². The number of anilines is 2. The minimum Gasteiger partial charge on any atom is -0.352 e. The van der Waals surface area contributed by atoms with Crippen LogP contribution in [0.4, 0.5) is 11.6 Å². The van der Waals surface area contributed by atoms with E-state index < -0.39 is 0 Å². The number of aromatic nitrogens is 2. The maximum Gasteiger partial charge on any atom is 0.225 e. The average molecular weight is 277 g/mol. The van der Waals surface area contributed by atoms with Gasteiger partial charge in [0, 0.05) is 32.6 Å². The number of nitrogens with one attached hydrogen (secondary N) is 1. The summed E-state index contributed by atoms with van der Waals surface area (Å²) in [4.78, 5) is 25.9. The fourth-order valence-corrected chi connectivity index (χ4v) is 2.05.